The van der Waals surface area contributed by atoms with E-state index < -0.39 is 31.6 Å². The second kappa shape index (κ2) is 13.4. The molecule has 0 spiro atoms. The lowest BCUT2D eigenvalue weighted by Crippen LogP contribution is -2.54. The number of benzene rings is 2. The van der Waals surface area contributed by atoms with Crippen LogP contribution >= 0.6 is 15.9 Å². The highest BCUT2D eigenvalue weighted by Crippen LogP contribution is 2.41. The summed E-state index contributed by atoms with van der Waals surface area (Å²) in [5.74, 6) is -1.82. The molecule has 242 valence electrons. The molecule has 0 saturated heterocycles. The molecule has 0 aliphatic carbocycles. The van der Waals surface area contributed by atoms with E-state index in [1.165, 1.54) is 4.90 Å². The van der Waals surface area contributed by atoms with Crippen LogP contribution in [0, 0.1) is 18.6 Å². The van der Waals surface area contributed by atoms with E-state index in [-0.39, 0.29) is 36.2 Å². The normalized spacial score (nSPS) is 17.3. The molecular formula is C32H39BrF2N4O5Si. The Balaban J connectivity index is 1.78. The van der Waals surface area contributed by atoms with Gasteiger partial charge in [-0.05, 0) is 83.8 Å². The van der Waals surface area contributed by atoms with Gasteiger partial charge in [-0.15, -0.1) is 0 Å². The molecule has 2 heterocycles. The first-order chi connectivity index (χ1) is 21.1. The van der Waals surface area contributed by atoms with Crippen molar-refractivity contribution in [1.82, 2.24) is 14.5 Å². The highest BCUT2D eigenvalue weighted by atomic mass is 79.9. The minimum atomic E-state index is -2.21. The fourth-order valence-corrected chi connectivity index (χ4v) is 6.20. The minimum absolute atomic E-state index is 0.00494. The van der Waals surface area contributed by atoms with Gasteiger partial charge >= 0.3 is 11.7 Å². The van der Waals surface area contributed by atoms with Gasteiger partial charge in [-0.3, -0.25) is 4.90 Å². The Labute approximate surface area is 272 Å². The zero-order chi connectivity index (χ0) is 33.2. The van der Waals surface area contributed by atoms with Crippen LogP contribution in [0.5, 0.6) is 5.75 Å². The number of oxime groups is 1. The lowest BCUT2D eigenvalue weighted by atomic mass is 9.99. The summed E-state index contributed by atoms with van der Waals surface area (Å²) in [5, 5.41) is 4.20. The molecule has 0 bridgehead atoms. The third kappa shape index (κ3) is 7.15. The smallest absolute Gasteiger partial charge is 0.380 e. The average Bonchev–Trinajstić information content (AvgIpc) is 3.56. The quantitative estimate of drug-likeness (QED) is 0.153. The van der Waals surface area contributed by atoms with Gasteiger partial charge in [0.25, 0.3) is 0 Å². The predicted octanol–water partition coefficient (Wildman–Crippen LogP) is 7.29. The van der Waals surface area contributed by atoms with Crippen molar-refractivity contribution < 1.29 is 32.3 Å². The molecule has 1 aliphatic heterocycles. The van der Waals surface area contributed by atoms with Gasteiger partial charge in [-0.2, -0.15) is 0 Å². The lowest BCUT2D eigenvalue weighted by Gasteiger charge is -2.39. The number of aryl methyl sites for hydroxylation is 1. The maximum absolute atomic E-state index is 14.6. The summed E-state index contributed by atoms with van der Waals surface area (Å²) in [6, 6.07) is 8.42. The van der Waals surface area contributed by atoms with Crippen molar-refractivity contribution in [2.24, 2.45) is 5.16 Å². The first kappa shape index (κ1) is 34.3. The summed E-state index contributed by atoms with van der Waals surface area (Å²) < 4.78 is 49.0. The van der Waals surface area contributed by atoms with E-state index in [2.05, 4.69) is 59.9 Å². The molecule has 0 fully saturated rings. The van der Waals surface area contributed by atoms with Crippen LogP contribution in [0.3, 0.4) is 0 Å². The monoisotopic (exact) mass is 704 g/mol. The molecule has 4 rings (SSSR count). The summed E-state index contributed by atoms with van der Waals surface area (Å²) >= 11 is 3.62. The highest BCUT2D eigenvalue weighted by Gasteiger charge is 2.56. The number of nitrogens with zero attached hydrogens (tertiary/aromatic N) is 4. The number of rotatable bonds is 11. The van der Waals surface area contributed by atoms with Crippen LogP contribution in [0.2, 0.25) is 18.1 Å². The van der Waals surface area contributed by atoms with E-state index in [0.717, 1.165) is 35.1 Å². The molecule has 0 saturated carbocycles. The zero-order valence-corrected chi connectivity index (χ0v) is 29.4. The van der Waals surface area contributed by atoms with E-state index in [4.69, 9.17) is 18.7 Å². The number of carbonyl (C=O) groups is 1. The van der Waals surface area contributed by atoms with Crippen LogP contribution in [-0.2, 0) is 24.5 Å². The van der Waals surface area contributed by atoms with E-state index in [1.807, 2.05) is 35.9 Å². The van der Waals surface area contributed by atoms with Gasteiger partial charge in [0.05, 0.1) is 42.5 Å². The number of hydrogen-bond donors (Lipinski definition) is 0. The molecule has 0 amide bonds. The van der Waals surface area contributed by atoms with Crippen LogP contribution in [0.15, 0.2) is 58.6 Å². The number of imidazole rings is 1. The molecule has 1 unspecified atom stereocenters. The average molecular weight is 706 g/mol. The van der Waals surface area contributed by atoms with Gasteiger partial charge in [0.2, 0.25) is 0 Å². The summed E-state index contributed by atoms with van der Waals surface area (Å²) in [6.45, 7) is 14.4. The third-order valence-corrected chi connectivity index (χ3v) is 13.1. The summed E-state index contributed by atoms with van der Waals surface area (Å²) in [7, 11) is -0.626. The molecule has 1 aromatic heterocycles. The van der Waals surface area contributed by atoms with Gasteiger partial charge in [0.1, 0.15) is 17.4 Å². The topological polar surface area (TPSA) is 87.4 Å². The zero-order valence-electron chi connectivity index (χ0n) is 26.8. The first-order valence-corrected chi connectivity index (χ1v) is 18.2. The number of ether oxygens (including phenoxy) is 2. The number of halogens is 3. The second-order valence-electron chi connectivity index (χ2n) is 12.1. The summed E-state index contributed by atoms with van der Waals surface area (Å²) in [5.41, 5.74) is 0.186. The van der Waals surface area contributed by atoms with Gasteiger partial charge in [0, 0.05) is 24.4 Å². The molecule has 1 atom stereocenters. The summed E-state index contributed by atoms with van der Waals surface area (Å²) in [6.07, 6.45) is 5.38. The predicted molar refractivity (Wildman–Crippen MR) is 175 cm³/mol. The molecule has 1 aliphatic rings. The van der Waals surface area contributed by atoms with Crippen molar-refractivity contribution in [2.45, 2.75) is 58.5 Å². The fraction of sp³-hybridized carbons (Fsp3) is 0.406. The van der Waals surface area contributed by atoms with E-state index >= 15 is 0 Å². The first-order valence-electron chi connectivity index (χ1n) is 14.5. The van der Waals surface area contributed by atoms with Crippen LogP contribution in [0.25, 0.3) is 11.8 Å². The Morgan fingerprint density at radius 1 is 1.16 bits per heavy atom. The molecule has 0 radical (unpaired) electrons. The van der Waals surface area contributed by atoms with Crippen molar-refractivity contribution in [3.8, 4) is 11.4 Å². The van der Waals surface area contributed by atoms with Crippen LogP contribution < -0.4 is 4.74 Å². The van der Waals surface area contributed by atoms with Gasteiger partial charge in [0.15, 0.2) is 14.2 Å². The fourth-order valence-electron chi connectivity index (χ4n) is 4.61. The van der Waals surface area contributed by atoms with E-state index in [0.29, 0.717) is 10.2 Å². The van der Waals surface area contributed by atoms with Crippen LogP contribution in [0.1, 0.15) is 44.5 Å². The van der Waals surface area contributed by atoms with Crippen LogP contribution in [0.4, 0.5) is 8.78 Å². The van der Waals surface area contributed by atoms with E-state index in [1.54, 1.807) is 26.4 Å². The molecule has 0 N–H and O–H groups in total. The Morgan fingerprint density at radius 3 is 2.42 bits per heavy atom. The van der Waals surface area contributed by atoms with Gasteiger partial charge in [-0.25, -0.2) is 18.6 Å². The Morgan fingerprint density at radius 2 is 1.84 bits per heavy atom. The Bertz CT molecular complexity index is 1600. The number of amidine groups is 1. The van der Waals surface area contributed by atoms with Gasteiger partial charge in [-0.1, -0.05) is 32.0 Å². The maximum atomic E-state index is 14.6. The molecule has 13 heteroatoms. The van der Waals surface area contributed by atoms with Crippen molar-refractivity contribution in [1.29, 1.82) is 0 Å². The number of esters is 1. The second-order valence-corrected chi connectivity index (χ2v) is 17.8. The third-order valence-electron chi connectivity index (χ3n) is 7.99. The van der Waals surface area contributed by atoms with Crippen molar-refractivity contribution >= 4 is 42.1 Å². The molecule has 2 aromatic carbocycles. The number of carbonyl (C=O) groups excluding carboxylic acids is 1. The van der Waals surface area contributed by atoms with Crippen LogP contribution in [-0.4, -0.2) is 61.4 Å². The SMILES string of the molecule is CCOC(=O)C1(c2cc(F)cc(F)c2)ON=C(C(Br)=Cc2ccc(-n3cnc(C)c3)c(OC)c2)N1CCO[Si](C)(C)C(C)(C)C. The Hall–Kier alpha value is -3.55. The van der Waals surface area contributed by atoms with Crippen molar-refractivity contribution in [2.75, 3.05) is 26.9 Å². The Kier molecular flexibility index (Phi) is 10.2. The largest absolute Gasteiger partial charge is 0.495 e. The number of aromatic nitrogens is 2. The number of hydrogen-bond acceptors (Lipinski definition) is 8. The highest BCUT2D eigenvalue weighted by molar-refractivity contribution is 9.12. The molecule has 9 nitrogen and oxygen atoms in total. The van der Waals surface area contributed by atoms with Crippen molar-refractivity contribution in [3.05, 3.63) is 81.9 Å². The minimum Gasteiger partial charge on any atom is -0.495 e. The number of methoxy groups -OCH3 is 1. The molecule has 45 heavy (non-hydrogen) atoms. The van der Waals surface area contributed by atoms with E-state index in [9.17, 15) is 13.6 Å². The standard InChI is InChI=1S/C32H39BrF2N4O5Si/c1-9-42-30(40)32(23-16-24(34)18-25(35)17-23)39(12-13-43-45(7,8)31(3,4)5)29(37-44-32)26(33)14-22-10-11-27(28(15-22)41-6)38-19-21(2)36-20-38/h10-11,14-20H,9,12-13H2,1-8H3. The summed E-state index contributed by atoms with van der Waals surface area (Å²) in [4.78, 5) is 25.4. The van der Waals surface area contributed by atoms with Crippen molar-refractivity contribution in [3.63, 3.8) is 0 Å². The molecular weight excluding hydrogens is 666 g/mol. The maximum Gasteiger partial charge on any atom is 0.380 e. The molecule has 3 aromatic rings. The van der Waals surface area contributed by atoms with Gasteiger partial charge < -0.3 is 23.3 Å². The lowest BCUT2D eigenvalue weighted by molar-refractivity contribution is -0.189.